The van der Waals surface area contributed by atoms with E-state index >= 15 is 0 Å². The van der Waals surface area contributed by atoms with E-state index in [9.17, 15) is 4.79 Å². The van der Waals surface area contributed by atoms with Crippen molar-refractivity contribution in [3.63, 3.8) is 0 Å². The molecule has 2 aromatic rings. The number of amides is 2. The molecule has 1 aromatic heterocycles. The summed E-state index contributed by atoms with van der Waals surface area (Å²) in [6.07, 6.45) is 3.60. The van der Waals surface area contributed by atoms with Gasteiger partial charge in [0.15, 0.2) is 0 Å². The zero-order valence-electron chi connectivity index (χ0n) is 13.9. The molecule has 1 unspecified atom stereocenters. The molecule has 0 saturated carbocycles. The van der Waals surface area contributed by atoms with Crippen molar-refractivity contribution in [1.29, 1.82) is 0 Å². The summed E-state index contributed by atoms with van der Waals surface area (Å²) in [6, 6.07) is 7.63. The Labute approximate surface area is 151 Å². The van der Waals surface area contributed by atoms with E-state index in [-0.39, 0.29) is 6.03 Å². The second kappa shape index (κ2) is 7.06. The average Bonchev–Trinajstić information content (AvgIpc) is 3.27. The molecule has 6 nitrogen and oxygen atoms in total. The van der Waals surface area contributed by atoms with Crippen LogP contribution in [0.2, 0.25) is 5.02 Å². The molecule has 2 aliphatic heterocycles. The summed E-state index contributed by atoms with van der Waals surface area (Å²) in [7, 11) is 0. The van der Waals surface area contributed by atoms with Crippen LogP contribution in [0.4, 0.5) is 10.6 Å². The van der Waals surface area contributed by atoms with E-state index in [4.69, 9.17) is 16.3 Å². The van der Waals surface area contributed by atoms with Crippen LogP contribution in [0.15, 0.2) is 30.5 Å². The molecule has 0 aliphatic carbocycles. The van der Waals surface area contributed by atoms with Crippen molar-refractivity contribution in [2.75, 3.05) is 25.1 Å². The van der Waals surface area contributed by atoms with Crippen LogP contribution in [-0.4, -0.2) is 40.5 Å². The van der Waals surface area contributed by atoms with Crippen LogP contribution in [0.25, 0.3) is 0 Å². The number of benzene rings is 1. The highest BCUT2D eigenvalue weighted by Crippen LogP contribution is 2.23. The third kappa shape index (κ3) is 3.65. The topological polar surface area (TPSA) is 59.4 Å². The standard InChI is InChI=1S/C18H21ClN4O2/c19-16-2-1-14-4-7-22(11-15(14)9-16)18(24)21-17-3-6-20-23(17)10-13-5-8-25-12-13/h1-3,6,9,13H,4-5,7-8,10-12H2,(H,21,24). The fourth-order valence-corrected chi connectivity index (χ4v) is 3.64. The second-order valence-electron chi connectivity index (χ2n) is 6.64. The molecule has 0 radical (unpaired) electrons. The molecular weight excluding hydrogens is 340 g/mol. The van der Waals surface area contributed by atoms with Crippen LogP contribution < -0.4 is 5.32 Å². The predicted octanol–water partition coefficient (Wildman–Crippen LogP) is 3.16. The number of hydrogen-bond donors (Lipinski definition) is 1. The maximum atomic E-state index is 12.7. The Hall–Kier alpha value is -2.05. The fourth-order valence-electron chi connectivity index (χ4n) is 3.44. The van der Waals surface area contributed by atoms with E-state index in [1.165, 1.54) is 5.56 Å². The van der Waals surface area contributed by atoms with Gasteiger partial charge in [0, 0.05) is 43.2 Å². The van der Waals surface area contributed by atoms with Gasteiger partial charge in [-0.05, 0) is 36.1 Å². The highest BCUT2D eigenvalue weighted by atomic mass is 35.5. The summed E-state index contributed by atoms with van der Waals surface area (Å²) in [4.78, 5) is 14.5. The molecule has 2 amide bonds. The Morgan fingerprint density at radius 3 is 3.12 bits per heavy atom. The van der Waals surface area contributed by atoms with Gasteiger partial charge in [-0.25, -0.2) is 9.48 Å². The molecule has 2 aliphatic rings. The first-order valence-electron chi connectivity index (χ1n) is 8.62. The summed E-state index contributed by atoms with van der Waals surface area (Å²) < 4.78 is 7.27. The quantitative estimate of drug-likeness (QED) is 0.914. The maximum Gasteiger partial charge on any atom is 0.323 e. The molecular formula is C18H21ClN4O2. The lowest BCUT2D eigenvalue weighted by Crippen LogP contribution is -2.39. The molecule has 4 rings (SSSR count). The first-order chi connectivity index (χ1) is 12.2. The number of hydrogen-bond acceptors (Lipinski definition) is 3. The number of carbonyl (C=O) groups excluding carboxylic acids is 1. The molecule has 0 spiro atoms. The molecule has 132 valence electrons. The van der Waals surface area contributed by atoms with Crippen molar-refractivity contribution in [2.45, 2.75) is 25.9 Å². The van der Waals surface area contributed by atoms with Crippen molar-refractivity contribution in [2.24, 2.45) is 5.92 Å². The van der Waals surface area contributed by atoms with E-state index in [1.54, 1.807) is 6.20 Å². The lowest BCUT2D eigenvalue weighted by molar-refractivity contribution is 0.181. The molecule has 1 N–H and O–H groups in total. The number of aromatic nitrogens is 2. The molecule has 7 heteroatoms. The van der Waals surface area contributed by atoms with Gasteiger partial charge in [-0.1, -0.05) is 17.7 Å². The minimum absolute atomic E-state index is 0.102. The summed E-state index contributed by atoms with van der Waals surface area (Å²) in [6.45, 7) is 3.61. The molecule has 0 bridgehead atoms. The molecule has 1 fully saturated rings. The maximum absolute atomic E-state index is 12.7. The Kier molecular flexibility index (Phi) is 4.63. The molecule has 1 saturated heterocycles. The Balaban J connectivity index is 1.42. The van der Waals surface area contributed by atoms with E-state index in [1.807, 2.05) is 33.8 Å². The summed E-state index contributed by atoms with van der Waals surface area (Å²) in [5, 5.41) is 8.04. The SMILES string of the molecule is O=C(Nc1ccnn1CC1CCOC1)N1CCc2ccc(Cl)cc2C1. The van der Waals surface area contributed by atoms with Crippen molar-refractivity contribution in [1.82, 2.24) is 14.7 Å². The monoisotopic (exact) mass is 360 g/mol. The van der Waals surface area contributed by atoms with Crippen LogP contribution in [0, 0.1) is 5.92 Å². The largest absolute Gasteiger partial charge is 0.381 e. The van der Waals surface area contributed by atoms with Gasteiger partial charge in [-0.2, -0.15) is 5.10 Å². The summed E-state index contributed by atoms with van der Waals surface area (Å²) >= 11 is 6.08. The second-order valence-corrected chi connectivity index (χ2v) is 7.08. The van der Waals surface area contributed by atoms with Crippen LogP contribution in [0.3, 0.4) is 0 Å². The fraction of sp³-hybridized carbons (Fsp3) is 0.444. The summed E-state index contributed by atoms with van der Waals surface area (Å²) in [5.41, 5.74) is 2.38. The van der Waals surface area contributed by atoms with Crippen molar-refractivity contribution < 1.29 is 9.53 Å². The Morgan fingerprint density at radius 2 is 2.28 bits per heavy atom. The minimum Gasteiger partial charge on any atom is -0.381 e. The van der Waals surface area contributed by atoms with Gasteiger partial charge in [0.05, 0.1) is 12.8 Å². The highest BCUT2D eigenvalue weighted by molar-refractivity contribution is 6.30. The van der Waals surface area contributed by atoms with Crippen LogP contribution in [0.1, 0.15) is 17.5 Å². The average molecular weight is 361 g/mol. The van der Waals surface area contributed by atoms with Crippen LogP contribution in [0.5, 0.6) is 0 Å². The van der Waals surface area contributed by atoms with Crippen molar-refractivity contribution >= 4 is 23.4 Å². The third-order valence-electron chi connectivity index (χ3n) is 4.87. The van der Waals surface area contributed by atoms with E-state index < -0.39 is 0 Å². The number of anilines is 1. The zero-order chi connectivity index (χ0) is 17.2. The lowest BCUT2D eigenvalue weighted by Gasteiger charge is -2.29. The minimum atomic E-state index is -0.102. The highest BCUT2D eigenvalue weighted by Gasteiger charge is 2.23. The summed E-state index contributed by atoms with van der Waals surface area (Å²) in [5.74, 6) is 1.19. The van der Waals surface area contributed by atoms with Gasteiger partial charge in [0.1, 0.15) is 5.82 Å². The number of rotatable bonds is 3. The number of nitrogens with one attached hydrogen (secondary N) is 1. The molecule has 1 atom stereocenters. The molecule has 1 aromatic carbocycles. The van der Waals surface area contributed by atoms with Crippen molar-refractivity contribution in [3.8, 4) is 0 Å². The molecule has 25 heavy (non-hydrogen) atoms. The van der Waals surface area contributed by atoms with Crippen LogP contribution >= 0.6 is 11.6 Å². The first-order valence-corrected chi connectivity index (χ1v) is 8.99. The lowest BCUT2D eigenvalue weighted by atomic mass is 10.0. The van der Waals surface area contributed by atoms with E-state index in [2.05, 4.69) is 10.4 Å². The van der Waals surface area contributed by atoms with Gasteiger partial charge >= 0.3 is 6.03 Å². The third-order valence-corrected chi connectivity index (χ3v) is 5.11. The number of ether oxygens (including phenoxy) is 1. The first kappa shape index (κ1) is 16.4. The zero-order valence-corrected chi connectivity index (χ0v) is 14.7. The number of halogens is 1. The van der Waals surface area contributed by atoms with Crippen molar-refractivity contribution in [3.05, 3.63) is 46.6 Å². The number of urea groups is 1. The van der Waals surface area contributed by atoms with Gasteiger partial charge in [-0.15, -0.1) is 0 Å². The molecule has 3 heterocycles. The normalized spacial score (nSPS) is 19.7. The van der Waals surface area contributed by atoms with Gasteiger partial charge in [0.2, 0.25) is 0 Å². The number of carbonyl (C=O) groups is 1. The number of nitrogens with zero attached hydrogens (tertiary/aromatic N) is 3. The van der Waals surface area contributed by atoms with E-state index in [0.717, 1.165) is 44.0 Å². The van der Waals surface area contributed by atoms with Gasteiger partial charge in [0.25, 0.3) is 0 Å². The van der Waals surface area contributed by atoms with Crippen LogP contribution in [-0.2, 0) is 24.2 Å². The smallest absolute Gasteiger partial charge is 0.323 e. The number of fused-ring (bicyclic) bond motifs is 1. The predicted molar refractivity (Wildman–Crippen MR) is 95.7 cm³/mol. The Morgan fingerprint density at radius 1 is 1.36 bits per heavy atom. The van der Waals surface area contributed by atoms with Gasteiger partial charge in [-0.3, -0.25) is 5.32 Å². The Bertz CT molecular complexity index is 770. The van der Waals surface area contributed by atoms with Gasteiger partial charge < -0.3 is 9.64 Å². The van der Waals surface area contributed by atoms with E-state index in [0.29, 0.717) is 24.0 Å².